The Bertz CT molecular complexity index is 703. The monoisotopic (exact) mass is 251 g/mol. The Labute approximate surface area is 110 Å². The molecule has 0 aliphatic rings. The molecule has 2 aromatic heterocycles. The quantitative estimate of drug-likeness (QED) is 0.758. The van der Waals surface area contributed by atoms with Crippen molar-refractivity contribution in [3.8, 4) is 17.1 Å². The van der Waals surface area contributed by atoms with E-state index >= 15 is 0 Å². The van der Waals surface area contributed by atoms with Gasteiger partial charge in [-0.1, -0.05) is 18.2 Å². The standard InChI is InChI=1S/C14H13N5/c1-10-9-16-14(15)18-13(10)12-7-8-17-19(12)11-5-3-2-4-6-11/h2-9H,1H3,(H2,15,16,18). The zero-order valence-corrected chi connectivity index (χ0v) is 10.5. The Balaban J connectivity index is 2.18. The van der Waals surface area contributed by atoms with Crippen molar-refractivity contribution < 1.29 is 0 Å². The van der Waals surface area contributed by atoms with Gasteiger partial charge in [-0.2, -0.15) is 5.10 Å². The van der Waals surface area contributed by atoms with Crippen LogP contribution in [-0.2, 0) is 0 Å². The van der Waals surface area contributed by atoms with Crippen LogP contribution in [0.2, 0.25) is 0 Å². The van der Waals surface area contributed by atoms with Gasteiger partial charge >= 0.3 is 0 Å². The van der Waals surface area contributed by atoms with Gasteiger partial charge in [0.25, 0.3) is 0 Å². The maximum absolute atomic E-state index is 5.67. The molecule has 2 N–H and O–H groups in total. The van der Waals surface area contributed by atoms with E-state index in [1.54, 1.807) is 12.4 Å². The third-order valence-corrected chi connectivity index (χ3v) is 2.88. The molecule has 0 unspecified atom stereocenters. The molecule has 2 heterocycles. The van der Waals surface area contributed by atoms with Crippen LogP contribution in [0.15, 0.2) is 48.8 Å². The number of anilines is 1. The molecule has 3 rings (SSSR count). The van der Waals surface area contributed by atoms with E-state index in [-0.39, 0.29) is 5.95 Å². The van der Waals surface area contributed by atoms with E-state index in [9.17, 15) is 0 Å². The second-order valence-electron chi connectivity index (χ2n) is 4.22. The fraction of sp³-hybridized carbons (Fsp3) is 0.0714. The number of nitrogens with zero attached hydrogens (tertiary/aromatic N) is 4. The fourth-order valence-electron chi connectivity index (χ4n) is 1.97. The van der Waals surface area contributed by atoms with Crippen molar-refractivity contribution in [2.24, 2.45) is 0 Å². The van der Waals surface area contributed by atoms with E-state index in [2.05, 4.69) is 15.1 Å². The smallest absolute Gasteiger partial charge is 0.220 e. The number of para-hydroxylation sites is 1. The first kappa shape index (κ1) is 11.4. The number of hydrogen-bond acceptors (Lipinski definition) is 4. The van der Waals surface area contributed by atoms with Crippen molar-refractivity contribution in [2.75, 3.05) is 5.73 Å². The van der Waals surface area contributed by atoms with Gasteiger partial charge in [-0.05, 0) is 30.7 Å². The van der Waals surface area contributed by atoms with E-state index in [4.69, 9.17) is 5.73 Å². The largest absolute Gasteiger partial charge is 0.368 e. The molecule has 0 radical (unpaired) electrons. The normalized spacial score (nSPS) is 10.6. The summed E-state index contributed by atoms with van der Waals surface area (Å²) in [7, 11) is 0. The van der Waals surface area contributed by atoms with Crippen molar-refractivity contribution in [1.82, 2.24) is 19.7 Å². The first-order valence-electron chi connectivity index (χ1n) is 5.94. The molecule has 0 aliphatic carbocycles. The number of nitrogen functional groups attached to an aromatic ring is 1. The van der Waals surface area contributed by atoms with E-state index in [1.807, 2.05) is 48.0 Å². The molecule has 5 nitrogen and oxygen atoms in total. The predicted molar refractivity (Wildman–Crippen MR) is 73.7 cm³/mol. The molecule has 19 heavy (non-hydrogen) atoms. The lowest BCUT2D eigenvalue weighted by molar-refractivity contribution is 0.882. The molecule has 5 heteroatoms. The summed E-state index contributed by atoms with van der Waals surface area (Å²) < 4.78 is 1.84. The third-order valence-electron chi connectivity index (χ3n) is 2.88. The molecule has 0 spiro atoms. The molecule has 0 saturated carbocycles. The first-order valence-corrected chi connectivity index (χ1v) is 5.94. The van der Waals surface area contributed by atoms with Gasteiger partial charge in [-0.25, -0.2) is 14.6 Å². The summed E-state index contributed by atoms with van der Waals surface area (Å²) in [5, 5.41) is 4.35. The SMILES string of the molecule is Cc1cnc(N)nc1-c1ccnn1-c1ccccc1. The molecule has 0 amide bonds. The average Bonchev–Trinajstić information content (AvgIpc) is 2.91. The summed E-state index contributed by atoms with van der Waals surface area (Å²) in [6.45, 7) is 1.96. The molecule has 0 aliphatic heterocycles. The van der Waals surface area contributed by atoms with Gasteiger partial charge in [-0.3, -0.25) is 0 Å². The summed E-state index contributed by atoms with van der Waals surface area (Å²) in [5.74, 6) is 0.265. The van der Waals surface area contributed by atoms with Gasteiger partial charge in [0.2, 0.25) is 5.95 Å². The van der Waals surface area contributed by atoms with E-state index in [0.717, 1.165) is 22.6 Å². The minimum Gasteiger partial charge on any atom is -0.368 e. The van der Waals surface area contributed by atoms with Crippen LogP contribution < -0.4 is 5.73 Å². The Morgan fingerprint density at radius 3 is 2.68 bits per heavy atom. The lowest BCUT2D eigenvalue weighted by Gasteiger charge is -2.09. The number of nitrogens with two attached hydrogens (primary N) is 1. The predicted octanol–water partition coefficient (Wildman–Crippen LogP) is 2.22. The Hall–Kier alpha value is -2.69. The molecule has 1 aromatic carbocycles. The molecule has 0 atom stereocenters. The van der Waals surface area contributed by atoms with Crippen LogP contribution >= 0.6 is 0 Å². The lowest BCUT2D eigenvalue weighted by Crippen LogP contribution is -2.03. The molecular weight excluding hydrogens is 238 g/mol. The topological polar surface area (TPSA) is 69.6 Å². The summed E-state index contributed by atoms with van der Waals surface area (Å²) in [4.78, 5) is 8.30. The minimum absolute atomic E-state index is 0.265. The maximum Gasteiger partial charge on any atom is 0.220 e. The zero-order chi connectivity index (χ0) is 13.2. The Morgan fingerprint density at radius 1 is 1.11 bits per heavy atom. The second-order valence-corrected chi connectivity index (χ2v) is 4.22. The first-order chi connectivity index (χ1) is 9.25. The highest BCUT2D eigenvalue weighted by Gasteiger charge is 2.11. The lowest BCUT2D eigenvalue weighted by atomic mass is 10.2. The van der Waals surface area contributed by atoms with Crippen molar-refractivity contribution in [2.45, 2.75) is 6.92 Å². The second kappa shape index (κ2) is 4.53. The highest BCUT2D eigenvalue weighted by molar-refractivity contribution is 5.61. The van der Waals surface area contributed by atoms with Gasteiger partial charge in [0, 0.05) is 6.20 Å². The van der Waals surface area contributed by atoms with Gasteiger partial charge in [0.15, 0.2) is 0 Å². The van der Waals surface area contributed by atoms with Crippen LogP contribution in [0.5, 0.6) is 0 Å². The van der Waals surface area contributed by atoms with E-state index in [1.165, 1.54) is 0 Å². The zero-order valence-electron chi connectivity index (χ0n) is 10.5. The summed E-state index contributed by atoms with van der Waals surface area (Å²) in [6.07, 6.45) is 3.47. The molecule has 0 fully saturated rings. The molecule has 0 saturated heterocycles. The van der Waals surface area contributed by atoms with Crippen molar-refractivity contribution in [1.29, 1.82) is 0 Å². The van der Waals surface area contributed by atoms with E-state index in [0.29, 0.717) is 0 Å². The van der Waals surface area contributed by atoms with Gasteiger partial charge < -0.3 is 5.73 Å². The van der Waals surface area contributed by atoms with Crippen LogP contribution in [0.3, 0.4) is 0 Å². The van der Waals surface area contributed by atoms with Gasteiger partial charge in [0.05, 0.1) is 23.3 Å². The Morgan fingerprint density at radius 2 is 1.89 bits per heavy atom. The van der Waals surface area contributed by atoms with Crippen LogP contribution in [0.1, 0.15) is 5.56 Å². The van der Waals surface area contributed by atoms with Crippen LogP contribution in [0.4, 0.5) is 5.95 Å². The van der Waals surface area contributed by atoms with Crippen molar-refractivity contribution in [3.63, 3.8) is 0 Å². The number of aromatic nitrogens is 4. The highest BCUT2D eigenvalue weighted by atomic mass is 15.3. The van der Waals surface area contributed by atoms with Crippen molar-refractivity contribution in [3.05, 3.63) is 54.4 Å². The fourth-order valence-corrected chi connectivity index (χ4v) is 1.97. The van der Waals surface area contributed by atoms with Gasteiger partial charge in [0.1, 0.15) is 0 Å². The number of rotatable bonds is 2. The van der Waals surface area contributed by atoms with Gasteiger partial charge in [-0.15, -0.1) is 0 Å². The number of benzene rings is 1. The van der Waals surface area contributed by atoms with Crippen LogP contribution in [0.25, 0.3) is 17.1 Å². The maximum atomic E-state index is 5.67. The van der Waals surface area contributed by atoms with Crippen LogP contribution in [-0.4, -0.2) is 19.7 Å². The van der Waals surface area contributed by atoms with Crippen molar-refractivity contribution >= 4 is 5.95 Å². The molecule has 3 aromatic rings. The summed E-state index contributed by atoms with van der Waals surface area (Å²) >= 11 is 0. The average molecular weight is 251 g/mol. The number of hydrogen-bond donors (Lipinski definition) is 1. The summed E-state index contributed by atoms with van der Waals surface area (Å²) in [6, 6.07) is 11.8. The number of aryl methyl sites for hydroxylation is 1. The molecule has 0 bridgehead atoms. The molecular formula is C14H13N5. The minimum atomic E-state index is 0.265. The third kappa shape index (κ3) is 2.06. The Kier molecular flexibility index (Phi) is 2.72. The summed E-state index contributed by atoms with van der Waals surface area (Å²) in [5.41, 5.74) is 9.32. The van der Waals surface area contributed by atoms with E-state index < -0.39 is 0 Å². The molecule has 94 valence electrons. The highest BCUT2D eigenvalue weighted by Crippen LogP contribution is 2.23. The van der Waals surface area contributed by atoms with Crippen LogP contribution in [0, 0.1) is 6.92 Å².